The van der Waals surface area contributed by atoms with Crippen molar-refractivity contribution in [1.82, 2.24) is 14.5 Å². The quantitative estimate of drug-likeness (QED) is 0.585. The number of aromatic nitrogens is 2. The highest BCUT2D eigenvalue weighted by Gasteiger charge is 2.25. The summed E-state index contributed by atoms with van der Waals surface area (Å²) in [7, 11) is 2.90. The van der Waals surface area contributed by atoms with Gasteiger partial charge in [-0.1, -0.05) is 12.1 Å². The van der Waals surface area contributed by atoms with Gasteiger partial charge in [0.05, 0.1) is 23.4 Å². The highest BCUT2D eigenvalue weighted by molar-refractivity contribution is 6.08. The summed E-state index contributed by atoms with van der Waals surface area (Å²) >= 11 is 0. The minimum Gasteiger partial charge on any atom is -0.444 e. The van der Waals surface area contributed by atoms with Gasteiger partial charge in [0.2, 0.25) is 0 Å². The lowest BCUT2D eigenvalue weighted by molar-refractivity contribution is 0.0235. The molecule has 25 heavy (non-hydrogen) atoms. The fourth-order valence-electron chi connectivity index (χ4n) is 2.56. The molecule has 7 heteroatoms. The minimum absolute atomic E-state index is 0.149. The first-order chi connectivity index (χ1) is 11.7. The average molecular weight is 364 g/mol. The minimum atomic E-state index is -0.516. The van der Waals surface area contributed by atoms with Crippen LogP contribution < -0.4 is 0 Å². The maximum atomic E-state index is 12.4. The van der Waals surface area contributed by atoms with Crippen molar-refractivity contribution in [2.24, 2.45) is 0 Å². The highest BCUT2D eigenvalue weighted by atomic mass is 28.1. The fraction of sp³-hybridized carbons (Fsp3) is 0.556. The van der Waals surface area contributed by atoms with Gasteiger partial charge in [0, 0.05) is 29.5 Å². The van der Waals surface area contributed by atoms with Crippen molar-refractivity contribution in [2.75, 3.05) is 13.7 Å². The van der Waals surface area contributed by atoms with Gasteiger partial charge in [-0.15, -0.1) is 0 Å². The van der Waals surface area contributed by atoms with Crippen LogP contribution in [-0.4, -0.2) is 50.0 Å². The van der Waals surface area contributed by atoms with Crippen LogP contribution >= 0.6 is 0 Å². The number of hydrogen-bond acceptors (Lipinski definition) is 4. The normalized spacial score (nSPS) is 13.2. The molecule has 1 aromatic carbocycles. The molecule has 0 aliphatic heterocycles. The number of para-hydroxylation sites is 1. The van der Waals surface area contributed by atoms with Gasteiger partial charge in [0.1, 0.15) is 12.3 Å². The summed E-state index contributed by atoms with van der Waals surface area (Å²) < 4.78 is 13.1. The van der Waals surface area contributed by atoms with E-state index in [0.717, 1.165) is 39.5 Å². The molecule has 1 atom stereocenters. The summed E-state index contributed by atoms with van der Waals surface area (Å²) in [5, 5.41) is 0. The maximum Gasteiger partial charge on any atom is 0.410 e. The smallest absolute Gasteiger partial charge is 0.410 e. The molecule has 0 spiro atoms. The van der Waals surface area contributed by atoms with E-state index in [1.54, 1.807) is 18.3 Å². The van der Waals surface area contributed by atoms with Crippen LogP contribution in [0.4, 0.5) is 4.79 Å². The van der Waals surface area contributed by atoms with Gasteiger partial charge in [-0.2, -0.15) is 0 Å². The topological polar surface area (TPSA) is 56.6 Å². The Labute approximate surface area is 152 Å². The molecular weight excluding hydrogens is 334 g/mol. The average Bonchev–Trinajstić information content (AvgIpc) is 2.95. The Hall–Kier alpha value is -1.86. The van der Waals surface area contributed by atoms with E-state index in [1.165, 1.54) is 0 Å². The van der Waals surface area contributed by atoms with Crippen LogP contribution in [0.2, 0.25) is 6.04 Å². The molecule has 0 aliphatic carbocycles. The standard InChI is InChI=1S/C18H29N3O3Si/c1-13(20(5)17(22)24-18(2,3)4)14-7-6-8-15-16(14)19-11-21(15)12-23-9-10-25/h6-8,11,13H,9-10,12H2,1-5,25H3. The van der Waals surface area contributed by atoms with Crippen LogP contribution in [0.5, 0.6) is 0 Å². The van der Waals surface area contributed by atoms with E-state index in [4.69, 9.17) is 9.47 Å². The molecule has 0 aliphatic rings. The van der Waals surface area contributed by atoms with Gasteiger partial charge in [0.25, 0.3) is 0 Å². The SMILES string of the molecule is CC(c1cccc2c1ncn2COCC[SiH3])N(C)C(=O)OC(C)(C)C. The number of ether oxygens (including phenoxy) is 2. The zero-order valence-corrected chi connectivity index (χ0v) is 18.1. The van der Waals surface area contributed by atoms with E-state index in [9.17, 15) is 4.79 Å². The lowest BCUT2D eigenvalue weighted by Gasteiger charge is -2.29. The zero-order chi connectivity index (χ0) is 18.6. The van der Waals surface area contributed by atoms with E-state index >= 15 is 0 Å². The first-order valence-corrected chi connectivity index (χ1v) is 10.1. The molecule has 2 aromatic rings. The summed E-state index contributed by atoms with van der Waals surface area (Å²) in [5.74, 6) is 0. The second-order valence-electron chi connectivity index (χ2n) is 7.23. The summed E-state index contributed by atoms with van der Waals surface area (Å²) in [5.41, 5.74) is 2.38. The molecule has 2 rings (SSSR count). The molecule has 0 bridgehead atoms. The Bertz CT molecular complexity index is 724. The molecule has 6 nitrogen and oxygen atoms in total. The molecular formula is C18H29N3O3Si. The number of carbonyl (C=O) groups is 1. The molecule has 0 fully saturated rings. The van der Waals surface area contributed by atoms with Gasteiger partial charge in [0.15, 0.2) is 0 Å². The molecule has 1 amide bonds. The maximum absolute atomic E-state index is 12.4. The highest BCUT2D eigenvalue weighted by Crippen LogP contribution is 2.27. The first-order valence-electron chi connectivity index (χ1n) is 8.72. The Morgan fingerprint density at radius 2 is 2.12 bits per heavy atom. The second-order valence-corrected chi connectivity index (χ2v) is 8.23. The Balaban J connectivity index is 2.23. The van der Waals surface area contributed by atoms with Crippen molar-refractivity contribution < 1.29 is 14.3 Å². The Morgan fingerprint density at radius 1 is 1.40 bits per heavy atom. The molecule has 0 radical (unpaired) electrons. The fourth-order valence-corrected chi connectivity index (χ4v) is 2.85. The third-order valence-corrected chi connectivity index (χ3v) is 4.38. The third-order valence-electron chi connectivity index (χ3n) is 3.97. The predicted molar refractivity (Wildman–Crippen MR) is 103 cm³/mol. The van der Waals surface area contributed by atoms with Crippen LogP contribution in [0.1, 0.15) is 39.3 Å². The van der Waals surface area contributed by atoms with E-state index in [2.05, 4.69) is 4.98 Å². The van der Waals surface area contributed by atoms with Crippen molar-refractivity contribution in [3.05, 3.63) is 30.1 Å². The number of rotatable bonds is 6. The van der Waals surface area contributed by atoms with Crippen molar-refractivity contribution in [3.63, 3.8) is 0 Å². The molecule has 1 unspecified atom stereocenters. The van der Waals surface area contributed by atoms with Crippen LogP contribution in [-0.2, 0) is 16.2 Å². The monoisotopic (exact) mass is 363 g/mol. The molecule has 0 N–H and O–H groups in total. The Kier molecular flexibility index (Phi) is 6.24. The van der Waals surface area contributed by atoms with Crippen LogP contribution in [0.15, 0.2) is 24.5 Å². The summed E-state index contributed by atoms with van der Waals surface area (Å²) in [6, 6.07) is 6.99. The molecule has 1 heterocycles. The number of amides is 1. The van der Waals surface area contributed by atoms with Crippen molar-refractivity contribution in [2.45, 2.75) is 52.1 Å². The molecule has 0 saturated heterocycles. The van der Waals surface area contributed by atoms with Gasteiger partial charge >= 0.3 is 6.09 Å². The van der Waals surface area contributed by atoms with Gasteiger partial charge in [-0.05, 0) is 39.8 Å². The van der Waals surface area contributed by atoms with E-state index < -0.39 is 5.60 Å². The number of hydrogen-bond donors (Lipinski definition) is 0. The number of carbonyl (C=O) groups excluding carboxylic acids is 1. The van der Waals surface area contributed by atoms with Crippen molar-refractivity contribution in [1.29, 1.82) is 0 Å². The summed E-state index contributed by atoms with van der Waals surface area (Å²) in [6.07, 6.45) is 1.45. The van der Waals surface area contributed by atoms with Crippen LogP contribution in [0, 0.1) is 0 Å². The lowest BCUT2D eigenvalue weighted by atomic mass is 10.1. The van der Waals surface area contributed by atoms with Gasteiger partial charge in [-0.3, -0.25) is 0 Å². The third kappa shape index (κ3) is 4.82. The van der Waals surface area contributed by atoms with Crippen molar-refractivity contribution in [3.8, 4) is 0 Å². The predicted octanol–water partition coefficient (Wildman–Crippen LogP) is 2.72. The number of benzene rings is 1. The van der Waals surface area contributed by atoms with E-state index in [0.29, 0.717) is 6.73 Å². The summed E-state index contributed by atoms with van der Waals surface area (Å²) in [6.45, 7) is 8.86. The van der Waals surface area contributed by atoms with Crippen LogP contribution in [0.25, 0.3) is 11.0 Å². The van der Waals surface area contributed by atoms with Gasteiger partial charge < -0.3 is 18.9 Å². The van der Waals surface area contributed by atoms with Crippen molar-refractivity contribution >= 4 is 27.4 Å². The largest absolute Gasteiger partial charge is 0.444 e. The zero-order valence-electron chi connectivity index (χ0n) is 16.1. The lowest BCUT2D eigenvalue weighted by Crippen LogP contribution is -2.35. The van der Waals surface area contributed by atoms with Crippen LogP contribution in [0.3, 0.4) is 0 Å². The molecule has 0 saturated carbocycles. The summed E-state index contributed by atoms with van der Waals surface area (Å²) in [4.78, 5) is 18.5. The van der Waals surface area contributed by atoms with E-state index in [1.807, 2.05) is 50.5 Å². The molecule has 138 valence electrons. The first kappa shape index (κ1) is 19.5. The number of nitrogens with zero attached hydrogens (tertiary/aromatic N) is 3. The van der Waals surface area contributed by atoms with Gasteiger partial charge in [-0.25, -0.2) is 9.78 Å². The molecule has 1 aromatic heterocycles. The Morgan fingerprint density at radius 3 is 2.76 bits per heavy atom. The second kappa shape index (κ2) is 8.01. The van der Waals surface area contributed by atoms with E-state index in [-0.39, 0.29) is 12.1 Å². The number of fused-ring (bicyclic) bond motifs is 1. The number of imidazole rings is 1.